The van der Waals surface area contributed by atoms with Gasteiger partial charge in [0.15, 0.2) is 0 Å². The molecule has 1 fully saturated rings. The van der Waals surface area contributed by atoms with Crippen molar-refractivity contribution in [2.75, 3.05) is 11.9 Å². The van der Waals surface area contributed by atoms with Crippen LogP contribution in [0.25, 0.3) is 0 Å². The number of hydrogen-bond acceptors (Lipinski definition) is 2. The van der Waals surface area contributed by atoms with Crippen molar-refractivity contribution in [2.24, 2.45) is 5.73 Å². The van der Waals surface area contributed by atoms with E-state index in [1.54, 1.807) is 0 Å². The lowest BCUT2D eigenvalue weighted by molar-refractivity contribution is -0.137. The highest BCUT2D eigenvalue weighted by Gasteiger charge is 2.34. The van der Waals surface area contributed by atoms with E-state index in [0.29, 0.717) is 16.7 Å². The summed E-state index contributed by atoms with van der Waals surface area (Å²) in [5.74, 6) is 0. The van der Waals surface area contributed by atoms with Crippen molar-refractivity contribution in [3.05, 3.63) is 28.2 Å². The molecule has 2 nitrogen and oxygen atoms in total. The fraction of sp³-hybridized carbons (Fsp3) is 0.538. The second-order valence-corrected chi connectivity index (χ2v) is 5.86. The number of nitrogens with two attached hydrogens (primary N) is 1. The maximum Gasteiger partial charge on any atom is 0.416 e. The van der Waals surface area contributed by atoms with Crippen LogP contribution in [0.2, 0.25) is 0 Å². The lowest BCUT2D eigenvalue weighted by Gasteiger charge is -2.30. The Morgan fingerprint density at radius 3 is 2.37 bits per heavy atom. The van der Waals surface area contributed by atoms with Crippen LogP contribution in [0.4, 0.5) is 18.9 Å². The zero-order valence-electron chi connectivity index (χ0n) is 10.4. The molecule has 1 aliphatic carbocycles. The van der Waals surface area contributed by atoms with Crippen LogP contribution in [0.1, 0.15) is 31.2 Å². The number of benzene rings is 1. The molecular weight excluding hydrogens is 321 g/mol. The van der Waals surface area contributed by atoms with E-state index in [1.165, 1.54) is 6.07 Å². The lowest BCUT2D eigenvalue weighted by atomic mass is 9.97. The molecule has 1 saturated carbocycles. The van der Waals surface area contributed by atoms with Crippen LogP contribution in [-0.4, -0.2) is 12.1 Å². The minimum atomic E-state index is -4.32. The van der Waals surface area contributed by atoms with E-state index in [0.717, 1.165) is 37.8 Å². The van der Waals surface area contributed by atoms with Crippen LogP contribution >= 0.6 is 15.9 Å². The van der Waals surface area contributed by atoms with Gasteiger partial charge in [-0.1, -0.05) is 12.8 Å². The Morgan fingerprint density at radius 1 is 1.26 bits per heavy atom. The monoisotopic (exact) mass is 336 g/mol. The first-order valence-electron chi connectivity index (χ1n) is 6.21. The molecule has 1 aromatic rings. The van der Waals surface area contributed by atoms with Gasteiger partial charge in [0.05, 0.1) is 5.56 Å². The van der Waals surface area contributed by atoms with Crippen molar-refractivity contribution >= 4 is 21.6 Å². The molecule has 6 heteroatoms. The summed E-state index contributed by atoms with van der Waals surface area (Å²) < 4.78 is 38.2. The fourth-order valence-electron chi connectivity index (χ4n) is 2.51. The summed E-state index contributed by atoms with van der Waals surface area (Å²) in [6.45, 7) is 0.487. The van der Waals surface area contributed by atoms with Gasteiger partial charge in [-0.2, -0.15) is 13.2 Å². The van der Waals surface area contributed by atoms with E-state index in [-0.39, 0.29) is 5.54 Å². The highest BCUT2D eigenvalue weighted by Crippen LogP contribution is 2.37. The number of nitrogens with one attached hydrogen (secondary N) is 1. The van der Waals surface area contributed by atoms with Crippen molar-refractivity contribution in [1.29, 1.82) is 0 Å². The summed E-state index contributed by atoms with van der Waals surface area (Å²) in [7, 11) is 0. The summed E-state index contributed by atoms with van der Waals surface area (Å²) in [6.07, 6.45) is -0.210. The summed E-state index contributed by atoms with van der Waals surface area (Å²) in [4.78, 5) is 0. The van der Waals surface area contributed by atoms with Gasteiger partial charge in [0.1, 0.15) is 0 Å². The standard InChI is InChI=1S/C13H16BrF3N2/c14-10-7-9(13(15,16)17)3-4-11(10)19-12(8-18)5-1-2-6-12/h3-4,7,19H,1-2,5-6,8,18H2. The molecule has 0 spiro atoms. The minimum Gasteiger partial charge on any atom is -0.377 e. The predicted octanol–water partition coefficient (Wildman–Crippen LogP) is 4.15. The molecular formula is C13H16BrF3N2. The Morgan fingerprint density at radius 2 is 1.89 bits per heavy atom. The van der Waals surface area contributed by atoms with Gasteiger partial charge in [-0.15, -0.1) is 0 Å². The van der Waals surface area contributed by atoms with Crippen LogP contribution < -0.4 is 11.1 Å². The van der Waals surface area contributed by atoms with Crippen molar-refractivity contribution in [3.63, 3.8) is 0 Å². The lowest BCUT2D eigenvalue weighted by Crippen LogP contribution is -2.42. The van der Waals surface area contributed by atoms with E-state index >= 15 is 0 Å². The van der Waals surface area contributed by atoms with Gasteiger partial charge in [-0.05, 0) is 47.0 Å². The zero-order chi connectivity index (χ0) is 14.1. The molecule has 0 saturated heterocycles. The highest BCUT2D eigenvalue weighted by atomic mass is 79.9. The van der Waals surface area contributed by atoms with E-state index in [9.17, 15) is 13.2 Å². The van der Waals surface area contributed by atoms with Gasteiger partial charge in [0, 0.05) is 22.2 Å². The Labute approximate surface area is 118 Å². The first-order valence-corrected chi connectivity index (χ1v) is 7.01. The smallest absolute Gasteiger partial charge is 0.377 e. The minimum absolute atomic E-state index is 0.178. The topological polar surface area (TPSA) is 38.0 Å². The van der Waals surface area contributed by atoms with E-state index in [1.807, 2.05) is 0 Å². The van der Waals surface area contributed by atoms with Crippen molar-refractivity contribution in [1.82, 2.24) is 0 Å². The molecule has 19 heavy (non-hydrogen) atoms. The van der Waals surface area contributed by atoms with Gasteiger partial charge in [-0.3, -0.25) is 0 Å². The van der Waals surface area contributed by atoms with Crippen LogP contribution in [0, 0.1) is 0 Å². The van der Waals surface area contributed by atoms with Gasteiger partial charge in [-0.25, -0.2) is 0 Å². The molecule has 0 aliphatic heterocycles. The number of halogens is 4. The van der Waals surface area contributed by atoms with Crippen LogP contribution in [0.3, 0.4) is 0 Å². The largest absolute Gasteiger partial charge is 0.416 e. The van der Waals surface area contributed by atoms with E-state index in [4.69, 9.17) is 5.73 Å². The first kappa shape index (κ1) is 14.7. The molecule has 0 aromatic heterocycles. The first-order chi connectivity index (χ1) is 8.86. The molecule has 0 bridgehead atoms. The number of rotatable bonds is 3. The molecule has 0 atom stereocenters. The molecule has 0 amide bonds. The number of alkyl halides is 3. The van der Waals surface area contributed by atoms with Gasteiger partial charge in [0.25, 0.3) is 0 Å². The summed E-state index contributed by atoms with van der Waals surface area (Å²) in [5, 5.41) is 3.31. The third-order valence-corrected chi connectivity index (χ3v) is 4.30. The highest BCUT2D eigenvalue weighted by molar-refractivity contribution is 9.10. The van der Waals surface area contributed by atoms with Crippen LogP contribution in [-0.2, 0) is 6.18 Å². The van der Waals surface area contributed by atoms with Crippen molar-refractivity contribution in [3.8, 4) is 0 Å². The molecule has 1 aromatic carbocycles. The second kappa shape index (κ2) is 5.32. The molecule has 2 rings (SSSR count). The summed E-state index contributed by atoms with van der Waals surface area (Å²) in [5.41, 5.74) is 5.64. The Balaban J connectivity index is 2.22. The fourth-order valence-corrected chi connectivity index (χ4v) is 2.99. The molecule has 1 aliphatic rings. The van der Waals surface area contributed by atoms with Crippen LogP contribution in [0.15, 0.2) is 22.7 Å². The Hall–Kier alpha value is -0.750. The third kappa shape index (κ3) is 3.23. The molecule has 106 valence electrons. The average Bonchev–Trinajstić information content (AvgIpc) is 2.80. The maximum atomic E-state index is 12.6. The normalized spacial score (nSPS) is 18.6. The van der Waals surface area contributed by atoms with Gasteiger partial charge in [0.2, 0.25) is 0 Å². The van der Waals surface area contributed by atoms with Crippen molar-refractivity contribution < 1.29 is 13.2 Å². The maximum absolute atomic E-state index is 12.6. The van der Waals surface area contributed by atoms with Crippen molar-refractivity contribution in [2.45, 2.75) is 37.4 Å². The summed E-state index contributed by atoms with van der Waals surface area (Å²) in [6, 6.07) is 3.65. The van der Waals surface area contributed by atoms with Gasteiger partial charge < -0.3 is 11.1 Å². The second-order valence-electron chi connectivity index (χ2n) is 5.01. The van der Waals surface area contributed by atoms with Gasteiger partial charge >= 0.3 is 6.18 Å². The predicted molar refractivity (Wildman–Crippen MR) is 73.0 cm³/mol. The average molecular weight is 337 g/mol. The quantitative estimate of drug-likeness (QED) is 0.870. The SMILES string of the molecule is NCC1(Nc2ccc(C(F)(F)F)cc2Br)CCCC1. The number of anilines is 1. The Kier molecular flexibility index (Phi) is 4.11. The van der Waals surface area contributed by atoms with Crippen LogP contribution in [0.5, 0.6) is 0 Å². The Bertz CT molecular complexity index is 454. The summed E-state index contributed by atoms with van der Waals surface area (Å²) >= 11 is 3.20. The molecule has 0 heterocycles. The van der Waals surface area contributed by atoms with E-state index in [2.05, 4.69) is 21.2 Å². The van der Waals surface area contributed by atoms with E-state index < -0.39 is 11.7 Å². The zero-order valence-corrected chi connectivity index (χ0v) is 11.9. The third-order valence-electron chi connectivity index (χ3n) is 3.65. The molecule has 0 unspecified atom stereocenters. The molecule has 0 radical (unpaired) electrons. The molecule has 3 N–H and O–H groups in total. The number of hydrogen-bond donors (Lipinski definition) is 2.